The molecule has 0 saturated carbocycles. The highest BCUT2D eigenvalue weighted by Gasteiger charge is 2.30. The van der Waals surface area contributed by atoms with E-state index in [9.17, 15) is 13.6 Å². The molecular weight excluding hydrogens is 284 g/mol. The normalized spacial score (nSPS) is 19.7. The molecule has 1 heterocycles. The van der Waals surface area contributed by atoms with Crippen LogP contribution in [-0.2, 0) is 4.74 Å². The number of ether oxygens (including phenoxy) is 1. The van der Waals surface area contributed by atoms with E-state index in [1.807, 2.05) is 0 Å². The Morgan fingerprint density at radius 1 is 1.52 bits per heavy atom. The summed E-state index contributed by atoms with van der Waals surface area (Å²) in [6.45, 7) is 1.70. The molecule has 2 rings (SSSR count). The van der Waals surface area contributed by atoms with E-state index in [1.165, 1.54) is 17.9 Å². The fourth-order valence-corrected chi connectivity index (χ4v) is 2.09. The number of halogens is 2. The number of hydrogen-bond acceptors (Lipinski definition) is 4. The number of benzene rings is 1. The molecule has 1 aromatic carbocycles. The Labute approximate surface area is 119 Å². The minimum absolute atomic E-state index is 0.0401. The van der Waals surface area contributed by atoms with Crippen molar-refractivity contribution < 1.29 is 23.5 Å². The van der Waals surface area contributed by atoms with Crippen LogP contribution in [0, 0.1) is 18.6 Å². The minimum atomic E-state index is -0.921. The summed E-state index contributed by atoms with van der Waals surface area (Å²) >= 11 is 0. The van der Waals surface area contributed by atoms with Gasteiger partial charge in [-0.3, -0.25) is 4.79 Å². The Morgan fingerprint density at radius 2 is 2.24 bits per heavy atom. The van der Waals surface area contributed by atoms with Crippen LogP contribution in [0.5, 0.6) is 0 Å². The van der Waals surface area contributed by atoms with Crippen molar-refractivity contribution in [3.05, 3.63) is 34.9 Å². The van der Waals surface area contributed by atoms with Crippen molar-refractivity contribution in [2.45, 2.75) is 13.0 Å². The molecule has 0 spiro atoms. The number of amides is 1. The summed E-state index contributed by atoms with van der Waals surface area (Å²) in [5, 5.41) is 11.4. The number of morpholine rings is 1. The van der Waals surface area contributed by atoms with E-state index in [-0.39, 0.29) is 31.1 Å². The second-order valence-electron chi connectivity index (χ2n) is 4.69. The Morgan fingerprint density at radius 3 is 2.90 bits per heavy atom. The molecule has 6 nitrogen and oxygen atoms in total. The third-order valence-electron chi connectivity index (χ3n) is 3.30. The number of rotatable bonds is 2. The van der Waals surface area contributed by atoms with Crippen molar-refractivity contribution in [3.63, 3.8) is 0 Å². The van der Waals surface area contributed by atoms with E-state index in [0.29, 0.717) is 0 Å². The summed E-state index contributed by atoms with van der Waals surface area (Å²) in [6, 6.07) is 2.31. The summed E-state index contributed by atoms with van der Waals surface area (Å²) in [5.41, 5.74) is 5.00. The van der Waals surface area contributed by atoms with Gasteiger partial charge < -0.3 is 20.6 Å². The second kappa shape index (κ2) is 6.04. The molecule has 0 radical (unpaired) electrons. The third-order valence-corrected chi connectivity index (χ3v) is 3.30. The highest BCUT2D eigenvalue weighted by atomic mass is 19.1. The van der Waals surface area contributed by atoms with Crippen molar-refractivity contribution in [2.24, 2.45) is 10.9 Å². The standard InChI is InChI=1S/C13H15F2N3O3/c1-7-2-3-8(14)10(11(7)15)13(19)18-4-5-21-9(6-18)12(16)17-20/h2-3,9,20H,4-6H2,1H3,(H2,16,17). The van der Waals surface area contributed by atoms with Gasteiger partial charge in [-0.25, -0.2) is 8.78 Å². The number of hydrogen-bond donors (Lipinski definition) is 2. The van der Waals surface area contributed by atoms with Crippen LogP contribution < -0.4 is 5.73 Å². The first kappa shape index (κ1) is 15.2. The molecule has 0 aromatic heterocycles. The maximum Gasteiger partial charge on any atom is 0.260 e. The smallest absolute Gasteiger partial charge is 0.260 e. The van der Waals surface area contributed by atoms with E-state index in [4.69, 9.17) is 15.7 Å². The van der Waals surface area contributed by atoms with Gasteiger partial charge in [-0.2, -0.15) is 0 Å². The average Bonchev–Trinajstić information content (AvgIpc) is 2.50. The highest BCUT2D eigenvalue weighted by Crippen LogP contribution is 2.19. The van der Waals surface area contributed by atoms with E-state index in [0.717, 1.165) is 6.07 Å². The molecule has 1 aliphatic rings. The van der Waals surface area contributed by atoms with Gasteiger partial charge in [-0.15, -0.1) is 0 Å². The molecule has 0 bridgehead atoms. The quantitative estimate of drug-likeness (QED) is 0.367. The zero-order valence-electron chi connectivity index (χ0n) is 11.3. The summed E-state index contributed by atoms with van der Waals surface area (Å²) in [5.74, 6) is -2.78. The monoisotopic (exact) mass is 299 g/mol. The molecule has 1 atom stereocenters. The minimum Gasteiger partial charge on any atom is -0.409 e. The molecule has 1 amide bonds. The largest absolute Gasteiger partial charge is 0.409 e. The van der Waals surface area contributed by atoms with E-state index in [2.05, 4.69) is 5.16 Å². The lowest BCUT2D eigenvalue weighted by Crippen LogP contribution is -2.50. The zero-order chi connectivity index (χ0) is 15.6. The van der Waals surface area contributed by atoms with Gasteiger partial charge in [0.25, 0.3) is 5.91 Å². The number of carbonyl (C=O) groups is 1. The fraction of sp³-hybridized carbons (Fsp3) is 0.385. The molecule has 1 unspecified atom stereocenters. The molecule has 1 aromatic rings. The number of aryl methyl sites for hydroxylation is 1. The average molecular weight is 299 g/mol. The van der Waals surface area contributed by atoms with Crippen LogP contribution in [0.4, 0.5) is 8.78 Å². The number of nitrogens with two attached hydrogens (primary N) is 1. The second-order valence-corrected chi connectivity index (χ2v) is 4.69. The lowest BCUT2D eigenvalue weighted by Gasteiger charge is -2.32. The van der Waals surface area contributed by atoms with Crippen molar-refractivity contribution in [1.82, 2.24) is 4.90 Å². The maximum absolute atomic E-state index is 14.0. The van der Waals surface area contributed by atoms with Crippen LogP contribution in [0.2, 0.25) is 0 Å². The summed E-state index contributed by atoms with van der Waals surface area (Å²) in [4.78, 5) is 13.5. The molecule has 1 saturated heterocycles. The van der Waals surface area contributed by atoms with Crippen LogP contribution in [-0.4, -0.2) is 47.7 Å². The number of carbonyl (C=O) groups excluding carboxylic acids is 1. The van der Waals surface area contributed by atoms with Gasteiger partial charge in [0.15, 0.2) is 5.84 Å². The van der Waals surface area contributed by atoms with Crippen LogP contribution in [0.15, 0.2) is 17.3 Å². The fourth-order valence-electron chi connectivity index (χ4n) is 2.09. The van der Waals surface area contributed by atoms with Crippen LogP contribution in [0.1, 0.15) is 15.9 Å². The Balaban J connectivity index is 2.26. The van der Waals surface area contributed by atoms with Gasteiger partial charge in [-0.05, 0) is 18.6 Å². The first-order valence-corrected chi connectivity index (χ1v) is 6.28. The van der Waals surface area contributed by atoms with E-state index < -0.39 is 29.2 Å². The van der Waals surface area contributed by atoms with Crippen molar-refractivity contribution in [2.75, 3.05) is 19.7 Å². The summed E-state index contributed by atoms with van der Waals surface area (Å²) < 4.78 is 33.0. The van der Waals surface area contributed by atoms with E-state index >= 15 is 0 Å². The Bertz CT molecular complexity index is 592. The van der Waals surface area contributed by atoms with Gasteiger partial charge in [0, 0.05) is 6.54 Å². The molecular formula is C13H15F2N3O3. The first-order valence-electron chi connectivity index (χ1n) is 6.28. The Hall–Kier alpha value is -2.22. The molecule has 114 valence electrons. The number of oxime groups is 1. The molecule has 21 heavy (non-hydrogen) atoms. The van der Waals surface area contributed by atoms with Crippen molar-refractivity contribution in [1.29, 1.82) is 0 Å². The van der Waals surface area contributed by atoms with Gasteiger partial charge in [0.2, 0.25) is 0 Å². The van der Waals surface area contributed by atoms with Crippen LogP contribution in [0.25, 0.3) is 0 Å². The van der Waals surface area contributed by atoms with E-state index in [1.54, 1.807) is 0 Å². The van der Waals surface area contributed by atoms with Gasteiger partial charge >= 0.3 is 0 Å². The number of amidine groups is 1. The lowest BCUT2D eigenvalue weighted by atomic mass is 10.1. The lowest BCUT2D eigenvalue weighted by molar-refractivity contribution is 0.00630. The van der Waals surface area contributed by atoms with Gasteiger partial charge in [0.1, 0.15) is 23.3 Å². The molecule has 1 fully saturated rings. The topological polar surface area (TPSA) is 88.2 Å². The predicted octanol–water partition coefficient (Wildman–Crippen LogP) is 0.861. The molecule has 1 aliphatic heterocycles. The Kier molecular flexibility index (Phi) is 4.37. The van der Waals surface area contributed by atoms with Crippen molar-refractivity contribution in [3.8, 4) is 0 Å². The predicted molar refractivity (Wildman–Crippen MR) is 70.1 cm³/mol. The maximum atomic E-state index is 14.0. The first-order chi connectivity index (χ1) is 9.95. The summed E-state index contributed by atoms with van der Waals surface area (Å²) in [6.07, 6.45) is -0.802. The number of nitrogens with zero attached hydrogens (tertiary/aromatic N) is 2. The van der Waals surface area contributed by atoms with Gasteiger partial charge in [-0.1, -0.05) is 11.2 Å². The van der Waals surface area contributed by atoms with Crippen LogP contribution >= 0.6 is 0 Å². The molecule has 8 heteroatoms. The SMILES string of the molecule is Cc1ccc(F)c(C(=O)N2CCOC(/C(N)=N/O)C2)c1F. The summed E-state index contributed by atoms with van der Waals surface area (Å²) in [7, 11) is 0. The zero-order valence-corrected chi connectivity index (χ0v) is 11.3. The third kappa shape index (κ3) is 2.94. The van der Waals surface area contributed by atoms with Crippen molar-refractivity contribution >= 4 is 11.7 Å². The van der Waals surface area contributed by atoms with Crippen LogP contribution in [0.3, 0.4) is 0 Å². The van der Waals surface area contributed by atoms with Gasteiger partial charge in [0.05, 0.1) is 13.2 Å². The highest BCUT2D eigenvalue weighted by molar-refractivity contribution is 5.95. The molecule has 0 aliphatic carbocycles. The molecule has 3 N–H and O–H groups in total.